The second-order valence-corrected chi connectivity index (χ2v) is 5.24. The van der Waals surface area contributed by atoms with Gasteiger partial charge in [-0.1, -0.05) is 13.8 Å². The minimum Gasteiger partial charge on any atom is -0.478 e. The van der Waals surface area contributed by atoms with Crippen LogP contribution in [-0.4, -0.2) is 22.6 Å². The van der Waals surface area contributed by atoms with Crippen molar-refractivity contribution in [1.29, 1.82) is 0 Å². The summed E-state index contributed by atoms with van der Waals surface area (Å²) in [7, 11) is 0. The molecule has 0 amide bonds. The average molecular weight is 235 g/mol. The number of nitrogens with two attached hydrogens (primary N) is 1. The maximum Gasteiger partial charge on any atom is 0.337 e. The molecule has 1 atom stereocenters. The maximum atomic E-state index is 10.7. The first-order valence-electron chi connectivity index (χ1n) is 5.63. The van der Waals surface area contributed by atoms with E-state index in [1.165, 1.54) is 18.7 Å². The number of nitrogens with zero attached hydrogens (tertiary/aromatic N) is 1. The van der Waals surface area contributed by atoms with Gasteiger partial charge in [0.1, 0.15) is 5.82 Å². The number of anilines is 2. The van der Waals surface area contributed by atoms with E-state index in [0.29, 0.717) is 22.8 Å². The van der Waals surface area contributed by atoms with Crippen molar-refractivity contribution in [3.8, 4) is 0 Å². The summed E-state index contributed by atoms with van der Waals surface area (Å²) in [5.41, 5.74) is 6.64. The normalized spacial score (nSPS) is 20.9. The van der Waals surface area contributed by atoms with Crippen LogP contribution < -0.4 is 11.1 Å². The van der Waals surface area contributed by atoms with E-state index >= 15 is 0 Å². The van der Waals surface area contributed by atoms with Crippen LogP contribution in [0.2, 0.25) is 0 Å². The first kappa shape index (κ1) is 11.7. The topological polar surface area (TPSA) is 88.2 Å². The van der Waals surface area contributed by atoms with Crippen LogP contribution in [0.25, 0.3) is 0 Å². The van der Waals surface area contributed by atoms with Crippen LogP contribution in [0.3, 0.4) is 0 Å². The van der Waals surface area contributed by atoms with Crippen LogP contribution >= 0.6 is 0 Å². The van der Waals surface area contributed by atoms with Gasteiger partial charge >= 0.3 is 5.97 Å². The highest BCUT2D eigenvalue weighted by atomic mass is 16.4. The van der Waals surface area contributed by atoms with Gasteiger partial charge < -0.3 is 16.2 Å². The molecule has 2 rings (SSSR count). The summed E-state index contributed by atoms with van der Waals surface area (Å²) in [6.45, 7) is 5.28. The van der Waals surface area contributed by atoms with Crippen LogP contribution in [0.1, 0.15) is 30.6 Å². The minimum absolute atomic E-state index is 0.111. The number of carboxylic acid groups (broad SMARTS) is 1. The first-order chi connectivity index (χ1) is 7.90. The van der Waals surface area contributed by atoms with Crippen molar-refractivity contribution in [2.45, 2.75) is 20.3 Å². The van der Waals surface area contributed by atoms with Crippen molar-refractivity contribution < 1.29 is 9.90 Å². The highest BCUT2D eigenvalue weighted by Crippen LogP contribution is 2.51. The van der Waals surface area contributed by atoms with Gasteiger partial charge in [-0.2, -0.15) is 0 Å². The zero-order valence-electron chi connectivity index (χ0n) is 10.0. The number of nitrogens with one attached hydrogen (secondary N) is 1. The summed E-state index contributed by atoms with van der Waals surface area (Å²) in [6.07, 6.45) is 2.52. The first-order valence-corrected chi connectivity index (χ1v) is 5.63. The van der Waals surface area contributed by atoms with Gasteiger partial charge in [-0.25, -0.2) is 9.78 Å². The molecule has 1 unspecified atom stereocenters. The average Bonchev–Trinajstić information content (AvgIpc) is 2.84. The van der Waals surface area contributed by atoms with Crippen molar-refractivity contribution in [1.82, 2.24) is 4.98 Å². The Kier molecular flexibility index (Phi) is 2.69. The van der Waals surface area contributed by atoms with Gasteiger partial charge in [0.2, 0.25) is 0 Å². The van der Waals surface area contributed by atoms with Crippen LogP contribution in [-0.2, 0) is 0 Å². The number of hydrogen-bond acceptors (Lipinski definition) is 4. The van der Waals surface area contributed by atoms with Gasteiger partial charge in [0.05, 0.1) is 11.3 Å². The summed E-state index contributed by atoms with van der Waals surface area (Å²) in [4.78, 5) is 14.7. The molecule has 0 bridgehead atoms. The smallest absolute Gasteiger partial charge is 0.337 e. The van der Waals surface area contributed by atoms with E-state index in [1.807, 2.05) is 0 Å². The molecule has 1 fully saturated rings. The Labute approximate surface area is 100 Å². The number of aromatic carboxylic acids is 1. The Balaban J connectivity index is 2.00. The number of nitrogen functional groups attached to an aromatic ring is 1. The Morgan fingerprint density at radius 3 is 2.82 bits per heavy atom. The number of carbonyl (C=O) groups is 1. The summed E-state index contributed by atoms with van der Waals surface area (Å²) in [6, 6.07) is 1.43. The molecule has 17 heavy (non-hydrogen) atoms. The molecule has 5 nitrogen and oxygen atoms in total. The number of pyridine rings is 1. The third-order valence-corrected chi connectivity index (χ3v) is 3.40. The van der Waals surface area contributed by atoms with E-state index in [0.717, 1.165) is 6.54 Å². The molecular formula is C12H17N3O2. The van der Waals surface area contributed by atoms with Crippen LogP contribution in [0, 0.1) is 11.3 Å². The SMILES string of the molecule is CC1(C)CC1CNc1ncc(C(=O)O)cc1N. The molecule has 1 aliphatic rings. The van der Waals surface area contributed by atoms with Crippen LogP contribution in [0.5, 0.6) is 0 Å². The van der Waals surface area contributed by atoms with Gasteiger partial charge in [0.25, 0.3) is 0 Å². The van der Waals surface area contributed by atoms with E-state index in [9.17, 15) is 4.79 Å². The molecule has 4 N–H and O–H groups in total. The molecule has 0 aliphatic heterocycles. The summed E-state index contributed by atoms with van der Waals surface area (Å²) in [5, 5.41) is 11.9. The lowest BCUT2D eigenvalue weighted by Crippen LogP contribution is -2.11. The standard InChI is InChI=1S/C12H17N3O2/c1-12(2)4-8(12)6-15-10-9(13)3-7(5-14-10)11(16)17/h3,5,8H,4,6,13H2,1-2H3,(H,14,15)(H,16,17). The Bertz CT molecular complexity index is 457. The fourth-order valence-electron chi connectivity index (χ4n) is 1.89. The van der Waals surface area contributed by atoms with Gasteiger partial charge in [0, 0.05) is 12.7 Å². The number of aromatic nitrogens is 1. The number of rotatable bonds is 4. The van der Waals surface area contributed by atoms with E-state index in [2.05, 4.69) is 24.1 Å². The summed E-state index contributed by atoms with van der Waals surface area (Å²) < 4.78 is 0. The second kappa shape index (κ2) is 3.91. The minimum atomic E-state index is -1.01. The van der Waals surface area contributed by atoms with Crippen molar-refractivity contribution >= 4 is 17.5 Å². The molecule has 1 aromatic heterocycles. The molecule has 0 spiro atoms. The van der Waals surface area contributed by atoms with Gasteiger partial charge in [0.15, 0.2) is 0 Å². The maximum absolute atomic E-state index is 10.7. The lowest BCUT2D eigenvalue weighted by atomic mass is 10.1. The highest BCUT2D eigenvalue weighted by Gasteiger charge is 2.45. The number of carboxylic acids is 1. The third kappa shape index (κ3) is 2.49. The monoisotopic (exact) mass is 235 g/mol. The summed E-state index contributed by atoms with van der Waals surface area (Å²) in [5.74, 6) is 0.194. The molecule has 1 heterocycles. The molecule has 92 valence electrons. The fourth-order valence-corrected chi connectivity index (χ4v) is 1.89. The van der Waals surface area contributed by atoms with E-state index in [4.69, 9.17) is 10.8 Å². The quantitative estimate of drug-likeness (QED) is 0.740. The Morgan fingerprint density at radius 1 is 1.71 bits per heavy atom. The van der Waals surface area contributed by atoms with E-state index < -0.39 is 5.97 Å². The molecule has 5 heteroatoms. The predicted molar refractivity (Wildman–Crippen MR) is 66.0 cm³/mol. The lowest BCUT2D eigenvalue weighted by molar-refractivity contribution is 0.0696. The zero-order chi connectivity index (χ0) is 12.6. The third-order valence-electron chi connectivity index (χ3n) is 3.40. The Hall–Kier alpha value is -1.78. The largest absolute Gasteiger partial charge is 0.478 e. The molecule has 1 aromatic rings. The van der Waals surface area contributed by atoms with Crippen molar-refractivity contribution in [2.75, 3.05) is 17.6 Å². The Morgan fingerprint density at radius 2 is 2.35 bits per heavy atom. The predicted octanol–water partition coefficient (Wildman–Crippen LogP) is 1.82. The van der Waals surface area contributed by atoms with E-state index in [-0.39, 0.29) is 5.56 Å². The second-order valence-electron chi connectivity index (χ2n) is 5.24. The van der Waals surface area contributed by atoms with Crippen molar-refractivity contribution in [3.05, 3.63) is 17.8 Å². The summed E-state index contributed by atoms with van der Waals surface area (Å²) >= 11 is 0. The highest BCUT2D eigenvalue weighted by molar-refractivity contribution is 5.89. The molecule has 0 aromatic carbocycles. The fraction of sp³-hybridized carbons (Fsp3) is 0.500. The number of hydrogen-bond donors (Lipinski definition) is 3. The zero-order valence-corrected chi connectivity index (χ0v) is 10.0. The lowest BCUT2D eigenvalue weighted by Gasteiger charge is -2.09. The van der Waals surface area contributed by atoms with Gasteiger partial charge in [-0.05, 0) is 23.8 Å². The van der Waals surface area contributed by atoms with Crippen molar-refractivity contribution in [3.63, 3.8) is 0 Å². The molecule has 1 saturated carbocycles. The molecular weight excluding hydrogens is 218 g/mol. The molecule has 0 radical (unpaired) electrons. The van der Waals surface area contributed by atoms with E-state index in [1.54, 1.807) is 0 Å². The van der Waals surface area contributed by atoms with Crippen LogP contribution in [0.4, 0.5) is 11.5 Å². The van der Waals surface area contributed by atoms with Crippen LogP contribution in [0.15, 0.2) is 12.3 Å². The molecule has 0 saturated heterocycles. The van der Waals surface area contributed by atoms with Gasteiger partial charge in [-0.15, -0.1) is 0 Å². The van der Waals surface area contributed by atoms with Gasteiger partial charge in [-0.3, -0.25) is 0 Å². The van der Waals surface area contributed by atoms with Crippen molar-refractivity contribution in [2.24, 2.45) is 11.3 Å². The molecule has 1 aliphatic carbocycles.